The fraction of sp³-hybridized carbons (Fsp3) is 0.500. The Morgan fingerprint density at radius 2 is 1.97 bits per heavy atom. The lowest BCUT2D eigenvalue weighted by molar-refractivity contribution is -0.123. The topological polar surface area (TPSA) is 112 Å². The summed E-state index contributed by atoms with van der Waals surface area (Å²) in [6.45, 7) is 4.50. The number of carboxylic acid groups (broad SMARTS) is 1. The molecule has 2 aliphatic rings. The van der Waals surface area contributed by atoms with E-state index in [9.17, 15) is 9.59 Å². The van der Waals surface area contributed by atoms with Crippen LogP contribution in [-0.2, 0) is 4.79 Å². The molecule has 9 nitrogen and oxygen atoms in total. The number of amides is 1. The van der Waals surface area contributed by atoms with Crippen molar-refractivity contribution in [2.24, 2.45) is 0 Å². The average molecular weight is 471 g/mol. The van der Waals surface area contributed by atoms with Crippen LogP contribution in [0.4, 0.5) is 5.69 Å². The lowest BCUT2D eigenvalue weighted by Crippen LogP contribution is -2.49. The first-order valence-corrected chi connectivity index (χ1v) is 10.00. The van der Waals surface area contributed by atoms with Crippen molar-refractivity contribution in [1.82, 2.24) is 25.6 Å². The molecule has 3 N–H and O–H groups in total. The van der Waals surface area contributed by atoms with Crippen LogP contribution in [0.1, 0.15) is 41.4 Å². The van der Waals surface area contributed by atoms with Crippen LogP contribution in [0.2, 0.25) is 0 Å². The van der Waals surface area contributed by atoms with Crippen LogP contribution in [0.5, 0.6) is 0 Å². The maximum absolute atomic E-state index is 12.7. The maximum Gasteiger partial charge on any atom is 0.358 e. The van der Waals surface area contributed by atoms with Crippen LogP contribution < -0.4 is 15.5 Å². The molecule has 1 aromatic heterocycles. The van der Waals surface area contributed by atoms with Gasteiger partial charge in [-0.25, -0.2) is 9.48 Å². The van der Waals surface area contributed by atoms with E-state index < -0.39 is 5.97 Å². The second-order valence-electron chi connectivity index (χ2n) is 7.85. The average Bonchev–Trinajstić information content (AvgIpc) is 3.38. The van der Waals surface area contributed by atoms with E-state index >= 15 is 0 Å². The van der Waals surface area contributed by atoms with Crippen molar-refractivity contribution in [1.29, 1.82) is 0 Å². The third kappa shape index (κ3) is 5.87. The highest BCUT2D eigenvalue weighted by Crippen LogP contribution is 2.22. The maximum atomic E-state index is 12.7. The SMILES string of the molecule is Cc1cccc(N2CCC(NC(=O)[C@@H]3C[C@H](n4cc(C(=O)O)nn4)CN3)CC2)c1.Cl.Cl. The van der Waals surface area contributed by atoms with Crippen LogP contribution >= 0.6 is 24.8 Å². The highest BCUT2D eigenvalue weighted by atomic mass is 35.5. The quantitative estimate of drug-likeness (QED) is 0.610. The standard InChI is InChI=1S/C20H26N6O3.2ClH/c1-13-3-2-4-15(9-13)25-7-5-14(6-8-25)22-19(27)17-10-16(11-21-17)26-12-18(20(28)29)23-24-26;;/h2-4,9,12,14,16-17,21H,5-8,10-11H2,1H3,(H,22,27)(H,28,29);2*1H/t16-,17-;;/m0../s1. The molecule has 0 bridgehead atoms. The summed E-state index contributed by atoms with van der Waals surface area (Å²) in [5, 5.41) is 22.9. The first kappa shape index (κ1) is 24.9. The molecule has 31 heavy (non-hydrogen) atoms. The molecule has 2 aliphatic heterocycles. The molecule has 4 rings (SSSR count). The smallest absolute Gasteiger partial charge is 0.358 e. The molecule has 170 valence electrons. The number of halogens is 2. The molecule has 2 fully saturated rings. The van der Waals surface area contributed by atoms with Gasteiger partial charge in [0.15, 0.2) is 5.69 Å². The molecule has 3 heterocycles. The van der Waals surface area contributed by atoms with E-state index in [1.165, 1.54) is 22.1 Å². The first-order valence-electron chi connectivity index (χ1n) is 10.00. The second kappa shape index (κ2) is 10.8. The summed E-state index contributed by atoms with van der Waals surface area (Å²) in [6, 6.07) is 8.31. The van der Waals surface area contributed by atoms with Gasteiger partial charge in [-0.2, -0.15) is 0 Å². The van der Waals surface area contributed by atoms with E-state index in [1.807, 2.05) is 0 Å². The van der Waals surface area contributed by atoms with Gasteiger partial charge in [0, 0.05) is 31.4 Å². The lowest BCUT2D eigenvalue weighted by atomic mass is 10.0. The third-order valence-electron chi connectivity index (χ3n) is 5.74. The van der Waals surface area contributed by atoms with E-state index in [2.05, 4.69) is 57.0 Å². The van der Waals surface area contributed by atoms with E-state index in [0.29, 0.717) is 13.0 Å². The highest BCUT2D eigenvalue weighted by molar-refractivity contribution is 5.86. The van der Waals surface area contributed by atoms with Crippen molar-refractivity contribution >= 4 is 42.4 Å². The fourth-order valence-electron chi connectivity index (χ4n) is 4.08. The number of rotatable bonds is 5. The number of nitrogens with one attached hydrogen (secondary N) is 2. The van der Waals surface area contributed by atoms with Gasteiger partial charge >= 0.3 is 5.97 Å². The minimum Gasteiger partial charge on any atom is -0.476 e. The number of hydrogen-bond donors (Lipinski definition) is 3. The Bertz CT molecular complexity index is 901. The Kier molecular flexibility index (Phi) is 8.67. The van der Waals surface area contributed by atoms with E-state index in [1.54, 1.807) is 0 Å². The van der Waals surface area contributed by atoms with Gasteiger partial charge in [-0.3, -0.25) is 4.79 Å². The predicted molar refractivity (Wildman–Crippen MR) is 121 cm³/mol. The number of aromatic carboxylic acids is 1. The van der Waals surface area contributed by atoms with Crippen LogP contribution in [0.3, 0.4) is 0 Å². The van der Waals surface area contributed by atoms with Gasteiger partial charge in [-0.05, 0) is 43.9 Å². The zero-order chi connectivity index (χ0) is 20.4. The molecule has 0 spiro atoms. The van der Waals surface area contributed by atoms with Crippen molar-refractivity contribution in [2.45, 2.75) is 44.3 Å². The largest absolute Gasteiger partial charge is 0.476 e. The predicted octanol–water partition coefficient (Wildman–Crippen LogP) is 1.82. The lowest BCUT2D eigenvalue weighted by Gasteiger charge is -2.34. The van der Waals surface area contributed by atoms with Crippen LogP contribution in [0, 0.1) is 6.92 Å². The van der Waals surface area contributed by atoms with Gasteiger partial charge in [-0.1, -0.05) is 17.3 Å². The summed E-state index contributed by atoms with van der Waals surface area (Å²) in [5.41, 5.74) is 2.41. The van der Waals surface area contributed by atoms with Crippen molar-refractivity contribution in [3.63, 3.8) is 0 Å². The highest BCUT2D eigenvalue weighted by Gasteiger charge is 2.33. The Balaban J connectivity index is 0.00000171. The summed E-state index contributed by atoms with van der Waals surface area (Å²) in [5.74, 6) is -1.10. The molecule has 11 heteroatoms. The summed E-state index contributed by atoms with van der Waals surface area (Å²) >= 11 is 0. The number of carbonyl (C=O) groups is 2. The zero-order valence-electron chi connectivity index (χ0n) is 17.2. The minimum atomic E-state index is -1.10. The summed E-state index contributed by atoms with van der Waals surface area (Å²) in [7, 11) is 0. The molecule has 0 radical (unpaired) electrons. The van der Waals surface area contributed by atoms with Gasteiger partial charge in [0.05, 0.1) is 18.3 Å². The molecule has 2 atom stereocenters. The van der Waals surface area contributed by atoms with Gasteiger partial charge in [0.2, 0.25) is 5.91 Å². The van der Waals surface area contributed by atoms with Crippen molar-refractivity contribution in [3.05, 3.63) is 41.7 Å². The summed E-state index contributed by atoms with van der Waals surface area (Å²) in [4.78, 5) is 26.0. The number of anilines is 1. The fourth-order valence-corrected chi connectivity index (χ4v) is 4.08. The first-order chi connectivity index (χ1) is 14.0. The van der Waals surface area contributed by atoms with Gasteiger partial charge in [0.25, 0.3) is 0 Å². The summed E-state index contributed by atoms with van der Waals surface area (Å²) in [6.07, 6.45) is 3.81. The molecule has 2 saturated heterocycles. The van der Waals surface area contributed by atoms with Crippen LogP contribution in [0.15, 0.2) is 30.5 Å². The number of aromatic nitrogens is 3. The van der Waals surface area contributed by atoms with Gasteiger partial charge < -0.3 is 20.6 Å². The van der Waals surface area contributed by atoms with Crippen LogP contribution in [-0.4, -0.2) is 63.7 Å². The number of piperidine rings is 1. The minimum absolute atomic E-state index is 0. The molecule has 0 saturated carbocycles. The number of carboxylic acids is 1. The number of aryl methyl sites for hydroxylation is 1. The molecule has 2 aromatic rings. The zero-order valence-corrected chi connectivity index (χ0v) is 18.9. The van der Waals surface area contributed by atoms with E-state index in [0.717, 1.165) is 25.9 Å². The Labute approximate surface area is 193 Å². The molecule has 1 amide bonds. The van der Waals surface area contributed by atoms with Gasteiger partial charge in [0.1, 0.15) is 0 Å². The Morgan fingerprint density at radius 3 is 2.61 bits per heavy atom. The Morgan fingerprint density at radius 1 is 1.23 bits per heavy atom. The van der Waals surface area contributed by atoms with Crippen molar-refractivity contribution in [3.8, 4) is 0 Å². The van der Waals surface area contributed by atoms with E-state index in [4.69, 9.17) is 5.11 Å². The van der Waals surface area contributed by atoms with Crippen molar-refractivity contribution in [2.75, 3.05) is 24.5 Å². The van der Waals surface area contributed by atoms with Crippen LogP contribution in [0.25, 0.3) is 0 Å². The van der Waals surface area contributed by atoms with Gasteiger partial charge in [-0.15, -0.1) is 29.9 Å². The molecular weight excluding hydrogens is 443 g/mol. The number of benzene rings is 1. The number of carbonyl (C=O) groups excluding carboxylic acids is 1. The number of hydrogen-bond acceptors (Lipinski definition) is 6. The molecule has 0 aliphatic carbocycles. The summed E-state index contributed by atoms with van der Waals surface area (Å²) < 4.78 is 1.53. The molecule has 1 aromatic carbocycles. The van der Waals surface area contributed by atoms with E-state index in [-0.39, 0.29) is 54.5 Å². The monoisotopic (exact) mass is 470 g/mol. The normalized spacial score (nSPS) is 21.1. The Hall–Kier alpha value is -2.36. The second-order valence-corrected chi connectivity index (χ2v) is 7.85. The van der Waals surface area contributed by atoms with Crippen molar-refractivity contribution < 1.29 is 14.7 Å². The molecular formula is C20H28Cl2N6O3. The third-order valence-corrected chi connectivity index (χ3v) is 5.74. The number of nitrogens with zero attached hydrogens (tertiary/aromatic N) is 4. The molecule has 0 unspecified atom stereocenters.